The molecule has 0 atom stereocenters. The zero-order valence-electron chi connectivity index (χ0n) is 15.3. The van der Waals surface area contributed by atoms with E-state index in [-0.39, 0.29) is 5.82 Å². The van der Waals surface area contributed by atoms with Crippen molar-refractivity contribution in [1.29, 1.82) is 0 Å². The van der Waals surface area contributed by atoms with Gasteiger partial charge in [-0.05, 0) is 42.5 Å². The van der Waals surface area contributed by atoms with Crippen LogP contribution in [0.2, 0.25) is 0 Å². The standard InChI is InChI=1S/C23H31F/c1-3-4-5-6-7-8-9-10-11-21-16-17-22(18-23(21)24)20-14-12-19(2)13-15-20/h12-18H,3-11H2,1-2H3. The minimum Gasteiger partial charge on any atom is -0.207 e. The van der Waals surface area contributed by atoms with Crippen LogP contribution in [0.25, 0.3) is 11.1 Å². The van der Waals surface area contributed by atoms with Crippen molar-refractivity contribution in [3.8, 4) is 11.1 Å². The first kappa shape index (κ1) is 18.7. The molecular formula is C23H31F. The first-order chi connectivity index (χ1) is 11.7. The molecule has 130 valence electrons. The summed E-state index contributed by atoms with van der Waals surface area (Å²) < 4.78 is 14.3. The van der Waals surface area contributed by atoms with Gasteiger partial charge in [0.2, 0.25) is 0 Å². The molecule has 0 aliphatic rings. The second-order valence-electron chi connectivity index (χ2n) is 6.90. The first-order valence-corrected chi connectivity index (χ1v) is 9.56. The van der Waals surface area contributed by atoms with Crippen molar-refractivity contribution in [3.63, 3.8) is 0 Å². The van der Waals surface area contributed by atoms with Crippen LogP contribution < -0.4 is 0 Å². The summed E-state index contributed by atoms with van der Waals surface area (Å²) in [4.78, 5) is 0. The summed E-state index contributed by atoms with van der Waals surface area (Å²) in [6.45, 7) is 4.32. The molecule has 0 spiro atoms. The third-order valence-corrected chi connectivity index (χ3v) is 4.74. The maximum atomic E-state index is 14.3. The Morgan fingerprint density at radius 3 is 1.92 bits per heavy atom. The summed E-state index contributed by atoms with van der Waals surface area (Å²) >= 11 is 0. The van der Waals surface area contributed by atoms with Crippen LogP contribution in [0.5, 0.6) is 0 Å². The molecule has 0 heterocycles. The Bertz CT molecular complexity index is 598. The molecule has 2 aromatic rings. The Hall–Kier alpha value is -1.63. The van der Waals surface area contributed by atoms with E-state index in [4.69, 9.17) is 0 Å². The summed E-state index contributed by atoms with van der Waals surface area (Å²) in [5, 5.41) is 0. The molecule has 0 bridgehead atoms. The summed E-state index contributed by atoms with van der Waals surface area (Å²) in [5.41, 5.74) is 4.13. The number of hydrogen-bond donors (Lipinski definition) is 0. The molecule has 0 N–H and O–H groups in total. The quantitative estimate of drug-likeness (QED) is 0.397. The van der Waals surface area contributed by atoms with Crippen molar-refractivity contribution >= 4 is 0 Å². The topological polar surface area (TPSA) is 0 Å². The highest BCUT2D eigenvalue weighted by Gasteiger charge is 2.05. The van der Waals surface area contributed by atoms with Crippen LogP contribution in [-0.4, -0.2) is 0 Å². The lowest BCUT2D eigenvalue weighted by Crippen LogP contribution is -1.92. The molecule has 1 heteroatoms. The molecule has 0 aliphatic heterocycles. The van der Waals surface area contributed by atoms with E-state index in [1.54, 1.807) is 6.07 Å². The van der Waals surface area contributed by atoms with Gasteiger partial charge in [0.1, 0.15) is 5.82 Å². The second-order valence-corrected chi connectivity index (χ2v) is 6.90. The molecule has 0 amide bonds. The van der Waals surface area contributed by atoms with E-state index in [0.717, 1.165) is 29.5 Å². The molecule has 0 radical (unpaired) electrons. The van der Waals surface area contributed by atoms with Gasteiger partial charge >= 0.3 is 0 Å². The number of rotatable bonds is 10. The average Bonchev–Trinajstić information content (AvgIpc) is 2.59. The molecule has 0 nitrogen and oxygen atoms in total. The Morgan fingerprint density at radius 1 is 0.708 bits per heavy atom. The molecule has 0 saturated carbocycles. The molecule has 0 unspecified atom stereocenters. The van der Waals surface area contributed by atoms with Crippen molar-refractivity contribution in [3.05, 3.63) is 59.4 Å². The van der Waals surface area contributed by atoms with Gasteiger partial charge < -0.3 is 0 Å². The Morgan fingerprint density at radius 2 is 1.29 bits per heavy atom. The molecule has 0 aromatic heterocycles. The van der Waals surface area contributed by atoms with Crippen LogP contribution in [0.3, 0.4) is 0 Å². The van der Waals surface area contributed by atoms with E-state index >= 15 is 0 Å². The van der Waals surface area contributed by atoms with E-state index in [0.29, 0.717) is 0 Å². The molecule has 0 fully saturated rings. The monoisotopic (exact) mass is 326 g/mol. The van der Waals surface area contributed by atoms with Crippen LogP contribution in [0.15, 0.2) is 42.5 Å². The number of unbranched alkanes of at least 4 members (excludes halogenated alkanes) is 7. The third-order valence-electron chi connectivity index (χ3n) is 4.74. The molecule has 0 aliphatic carbocycles. The van der Waals surface area contributed by atoms with Crippen molar-refractivity contribution in [2.24, 2.45) is 0 Å². The van der Waals surface area contributed by atoms with Crippen molar-refractivity contribution in [1.82, 2.24) is 0 Å². The SMILES string of the molecule is CCCCCCCCCCc1ccc(-c2ccc(C)cc2)cc1F. The van der Waals surface area contributed by atoms with Gasteiger partial charge in [0.25, 0.3) is 0 Å². The lowest BCUT2D eigenvalue weighted by Gasteiger charge is -2.07. The second kappa shape index (κ2) is 10.3. The van der Waals surface area contributed by atoms with Crippen molar-refractivity contribution in [2.75, 3.05) is 0 Å². The van der Waals surface area contributed by atoms with Crippen LogP contribution in [-0.2, 0) is 6.42 Å². The summed E-state index contributed by atoms with van der Waals surface area (Å²) in [6.07, 6.45) is 11.2. The normalized spacial score (nSPS) is 11.0. The van der Waals surface area contributed by atoms with E-state index in [1.807, 2.05) is 12.1 Å². The maximum absolute atomic E-state index is 14.3. The van der Waals surface area contributed by atoms with Crippen molar-refractivity contribution in [2.45, 2.75) is 71.6 Å². The Kier molecular flexibility index (Phi) is 8.01. The largest absolute Gasteiger partial charge is 0.207 e. The van der Waals surface area contributed by atoms with Gasteiger partial charge in [0.05, 0.1) is 0 Å². The van der Waals surface area contributed by atoms with Crippen LogP contribution >= 0.6 is 0 Å². The summed E-state index contributed by atoms with van der Waals surface area (Å²) in [7, 11) is 0. The number of halogens is 1. The average molecular weight is 326 g/mol. The number of benzene rings is 2. The predicted octanol–water partition coefficient (Wildman–Crippen LogP) is 7.48. The van der Waals surface area contributed by atoms with Gasteiger partial charge in [-0.3, -0.25) is 0 Å². The fourth-order valence-electron chi connectivity index (χ4n) is 3.12. The first-order valence-electron chi connectivity index (χ1n) is 9.56. The predicted molar refractivity (Wildman–Crippen MR) is 103 cm³/mol. The molecule has 2 aromatic carbocycles. The minimum atomic E-state index is -0.0592. The smallest absolute Gasteiger partial charge is 0.127 e. The van der Waals surface area contributed by atoms with Gasteiger partial charge in [-0.2, -0.15) is 0 Å². The van der Waals surface area contributed by atoms with Crippen LogP contribution in [0.4, 0.5) is 4.39 Å². The van der Waals surface area contributed by atoms with Crippen LogP contribution in [0, 0.1) is 12.7 Å². The van der Waals surface area contributed by atoms with Gasteiger partial charge in [-0.15, -0.1) is 0 Å². The molecular weight excluding hydrogens is 295 g/mol. The fourth-order valence-corrected chi connectivity index (χ4v) is 3.12. The van der Waals surface area contributed by atoms with Gasteiger partial charge in [0, 0.05) is 0 Å². The van der Waals surface area contributed by atoms with E-state index < -0.39 is 0 Å². The summed E-state index contributed by atoms with van der Waals surface area (Å²) in [6, 6.07) is 14.0. The van der Waals surface area contributed by atoms with Crippen molar-refractivity contribution < 1.29 is 4.39 Å². The third kappa shape index (κ3) is 6.11. The molecule has 2 rings (SSSR count). The fraction of sp³-hybridized carbons (Fsp3) is 0.478. The zero-order chi connectivity index (χ0) is 17.2. The van der Waals surface area contributed by atoms with Crippen LogP contribution in [0.1, 0.15) is 69.4 Å². The molecule has 0 saturated heterocycles. The van der Waals surface area contributed by atoms with Gasteiger partial charge in [-0.25, -0.2) is 4.39 Å². The zero-order valence-corrected chi connectivity index (χ0v) is 15.3. The maximum Gasteiger partial charge on any atom is 0.127 e. The van der Waals surface area contributed by atoms with E-state index in [1.165, 1.54) is 50.5 Å². The molecule has 24 heavy (non-hydrogen) atoms. The number of hydrogen-bond acceptors (Lipinski definition) is 0. The highest BCUT2D eigenvalue weighted by atomic mass is 19.1. The Balaban J connectivity index is 1.77. The summed E-state index contributed by atoms with van der Waals surface area (Å²) in [5.74, 6) is -0.0592. The minimum absolute atomic E-state index is 0.0592. The lowest BCUT2D eigenvalue weighted by molar-refractivity contribution is 0.564. The van der Waals surface area contributed by atoms with Gasteiger partial charge in [0.15, 0.2) is 0 Å². The van der Waals surface area contributed by atoms with Gasteiger partial charge in [-0.1, -0.05) is 93.8 Å². The van der Waals surface area contributed by atoms with E-state index in [9.17, 15) is 4.39 Å². The highest BCUT2D eigenvalue weighted by Crippen LogP contribution is 2.23. The lowest BCUT2D eigenvalue weighted by atomic mass is 9.99. The number of aryl methyl sites for hydroxylation is 2. The van der Waals surface area contributed by atoms with E-state index in [2.05, 4.69) is 38.1 Å². The highest BCUT2D eigenvalue weighted by molar-refractivity contribution is 5.64. The Labute approximate surface area is 147 Å².